The first kappa shape index (κ1) is 23.0. The summed E-state index contributed by atoms with van der Waals surface area (Å²) in [5.74, 6) is 1.62. The standard InChI is InChI=1S/C27H33N5O/c1-3-31-16-18-32(19-17-31)15-14-29-27-24(20-28-21-30-27)25(22-10-6-4-7-11-22)26(33-2)23-12-8-5-9-13-23/h4-13,20-21H,3,14-19H2,1-2H3,(H,28,29,30)/b26-25-. The zero-order chi connectivity index (χ0) is 22.9. The van der Waals surface area contributed by atoms with Gasteiger partial charge >= 0.3 is 0 Å². The summed E-state index contributed by atoms with van der Waals surface area (Å²) in [5, 5.41) is 3.57. The first-order valence-corrected chi connectivity index (χ1v) is 11.7. The number of nitrogens with one attached hydrogen (secondary N) is 1. The zero-order valence-electron chi connectivity index (χ0n) is 19.6. The lowest BCUT2D eigenvalue weighted by Crippen LogP contribution is -2.47. The van der Waals surface area contributed by atoms with Gasteiger partial charge in [0.15, 0.2) is 0 Å². The predicted octanol–water partition coefficient (Wildman–Crippen LogP) is 4.09. The van der Waals surface area contributed by atoms with Gasteiger partial charge < -0.3 is 15.0 Å². The third kappa shape index (κ3) is 5.78. The van der Waals surface area contributed by atoms with Crippen LogP contribution in [0.2, 0.25) is 0 Å². The highest BCUT2D eigenvalue weighted by atomic mass is 16.5. The molecule has 1 saturated heterocycles. The number of aromatic nitrogens is 2. The molecular weight excluding hydrogens is 410 g/mol. The lowest BCUT2D eigenvalue weighted by atomic mass is 9.95. The molecule has 2 aromatic carbocycles. The average molecular weight is 444 g/mol. The molecule has 0 bridgehead atoms. The van der Waals surface area contributed by atoms with E-state index in [-0.39, 0.29) is 0 Å². The quantitative estimate of drug-likeness (QED) is 0.397. The molecule has 33 heavy (non-hydrogen) atoms. The summed E-state index contributed by atoms with van der Waals surface area (Å²) in [6.45, 7) is 9.69. The van der Waals surface area contributed by atoms with Crippen LogP contribution in [0.25, 0.3) is 11.3 Å². The van der Waals surface area contributed by atoms with Gasteiger partial charge in [0, 0.05) is 62.2 Å². The molecule has 0 aliphatic carbocycles. The van der Waals surface area contributed by atoms with Crippen LogP contribution in [0.5, 0.6) is 0 Å². The topological polar surface area (TPSA) is 53.5 Å². The summed E-state index contributed by atoms with van der Waals surface area (Å²) in [5.41, 5.74) is 3.98. The SMILES string of the molecule is CCN1CCN(CCNc2ncncc2/C(=C(\OC)c2ccccc2)c2ccccc2)CC1. The van der Waals surface area contributed by atoms with E-state index in [9.17, 15) is 0 Å². The molecule has 1 aliphatic heterocycles. The highest BCUT2D eigenvalue weighted by Gasteiger charge is 2.20. The fourth-order valence-corrected chi connectivity index (χ4v) is 4.28. The van der Waals surface area contributed by atoms with Gasteiger partial charge in [-0.15, -0.1) is 0 Å². The van der Waals surface area contributed by atoms with E-state index in [4.69, 9.17) is 4.74 Å². The minimum Gasteiger partial charge on any atom is -0.495 e. The molecule has 0 unspecified atom stereocenters. The van der Waals surface area contributed by atoms with Gasteiger partial charge in [-0.25, -0.2) is 9.97 Å². The van der Waals surface area contributed by atoms with Crippen LogP contribution in [0.4, 0.5) is 5.82 Å². The van der Waals surface area contributed by atoms with Gasteiger partial charge in [0.2, 0.25) is 0 Å². The number of benzene rings is 2. The Balaban J connectivity index is 1.62. The van der Waals surface area contributed by atoms with E-state index in [1.807, 2.05) is 42.6 Å². The fraction of sp³-hybridized carbons (Fsp3) is 0.333. The lowest BCUT2D eigenvalue weighted by Gasteiger charge is -2.34. The highest BCUT2D eigenvalue weighted by molar-refractivity contribution is 5.98. The van der Waals surface area contributed by atoms with Crippen LogP contribution in [0.3, 0.4) is 0 Å². The van der Waals surface area contributed by atoms with Crippen molar-refractivity contribution in [2.45, 2.75) is 6.92 Å². The van der Waals surface area contributed by atoms with Crippen molar-refractivity contribution in [3.8, 4) is 0 Å². The van der Waals surface area contributed by atoms with Crippen molar-refractivity contribution >= 4 is 17.2 Å². The van der Waals surface area contributed by atoms with Crippen molar-refractivity contribution < 1.29 is 4.74 Å². The number of rotatable bonds is 9. The van der Waals surface area contributed by atoms with Gasteiger partial charge in [0.25, 0.3) is 0 Å². The zero-order valence-corrected chi connectivity index (χ0v) is 19.6. The number of hydrogen-bond acceptors (Lipinski definition) is 6. The molecule has 0 spiro atoms. The molecule has 1 aromatic heterocycles. The van der Waals surface area contributed by atoms with E-state index in [0.717, 1.165) is 79.7 Å². The smallest absolute Gasteiger partial charge is 0.137 e. The summed E-state index contributed by atoms with van der Waals surface area (Å²) in [6.07, 6.45) is 3.48. The first-order valence-electron chi connectivity index (χ1n) is 11.7. The number of anilines is 1. The van der Waals surface area contributed by atoms with Crippen LogP contribution < -0.4 is 5.32 Å². The Morgan fingerprint density at radius 2 is 1.55 bits per heavy atom. The van der Waals surface area contributed by atoms with Crippen LogP contribution in [0, 0.1) is 0 Å². The minimum absolute atomic E-state index is 0.801. The number of likely N-dealkylation sites (N-methyl/N-ethyl adjacent to an activating group) is 1. The molecule has 1 fully saturated rings. The van der Waals surface area contributed by atoms with Crippen molar-refractivity contribution in [2.75, 3.05) is 58.2 Å². The maximum Gasteiger partial charge on any atom is 0.137 e. The molecule has 172 valence electrons. The van der Waals surface area contributed by atoms with E-state index in [0.29, 0.717) is 0 Å². The Morgan fingerprint density at radius 1 is 0.909 bits per heavy atom. The van der Waals surface area contributed by atoms with E-state index in [2.05, 4.69) is 56.3 Å². The Labute approximate surface area is 196 Å². The number of nitrogens with zero attached hydrogens (tertiary/aromatic N) is 4. The van der Waals surface area contributed by atoms with Crippen molar-refractivity contribution in [3.05, 3.63) is 89.9 Å². The summed E-state index contributed by atoms with van der Waals surface area (Å²) < 4.78 is 5.97. The Morgan fingerprint density at radius 3 is 2.18 bits per heavy atom. The Hall–Kier alpha value is -3.22. The molecule has 1 aliphatic rings. The van der Waals surface area contributed by atoms with E-state index >= 15 is 0 Å². The molecule has 2 heterocycles. The van der Waals surface area contributed by atoms with Gasteiger partial charge in [0.05, 0.1) is 7.11 Å². The summed E-state index contributed by atoms with van der Waals surface area (Å²) in [6, 6.07) is 20.5. The fourth-order valence-electron chi connectivity index (χ4n) is 4.28. The van der Waals surface area contributed by atoms with Gasteiger partial charge in [0.1, 0.15) is 17.9 Å². The maximum absolute atomic E-state index is 5.97. The summed E-state index contributed by atoms with van der Waals surface area (Å²) >= 11 is 0. The first-order chi connectivity index (χ1) is 16.3. The number of ether oxygens (including phenoxy) is 1. The van der Waals surface area contributed by atoms with Gasteiger partial charge in [-0.05, 0) is 12.1 Å². The maximum atomic E-state index is 5.97. The second-order valence-corrected chi connectivity index (χ2v) is 8.13. The molecule has 0 radical (unpaired) electrons. The van der Waals surface area contributed by atoms with Crippen molar-refractivity contribution in [2.24, 2.45) is 0 Å². The largest absolute Gasteiger partial charge is 0.495 e. The number of piperazine rings is 1. The third-order valence-corrected chi connectivity index (χ3v) is 6.14. The molecule has 6 nitrogen and oxygen atoms in total. The second kappa shape index (κ2) is 11.6. The van der Waals surface area contributed by atoms with Crippen LogP contribution >= 0.6 is 0 Å². The minimum atomic E-state index is 0.801. The molecule has 1 N–H and O–H groups in total. The molecular formula is C27H33N5O. The van der Waals surface area contributed by atoms with Crippen LogP contribution in [0.15, 0.2) is 73.2 Å². The Kier molecular flexibility index (Phi) is 8.06. The average Bonchev–Trinajstić information content (AvgIpc) is 2.89. The number of methoxy groups -OCH3 is 1. The van der Waals surface area contributed by atoms with Crippen molar-refractivity contribution in [1.29, 1.82) is 0 Å². The van der Waals surface area contributed by atoms with Crippen LogP contribution in [-0.4, -0.2) is 72.7 Å². The molecule has 6 heteroatoms. The summed E-state index contributed by atoms with van der Waals surface area (Å²) in [7, 11) is 1.72. The molecule has 0 amide bonds. The lowest BCUT2D eigenvalue weighted by molar-refractivity contribution is 0.141. The predicted molar refractivity (Wildman–Crippen MR) is 135 cm³/mol. The monoisotopic (exact) mass is 443 g/mol. The van der Waals surface area contributed by atoms with E-state index in [1.165, 1.54) is 0 Å². The van der Waals surface area contributed by atoms with Crippen molar-refractivity contribution in [3.63, 3.8) is 0 Å². The third-order valence-electron chi connectivity index (χ3n) is 6.14. The molecule has 4 rings (SSSR count). The van der Waals surface area contributed by atoms with E-state index < -0.39 is 0 Å². The number of hydrogen-bond donors (Lipinski definition) is 1. The van der Waals surface area contributed by atoms with Crippen LogP contribution in [-0.2, 0) is 4.74 Å². The van der Waals surface area contributed by atoms with Crippen molar-refractivity contribution in [1.82, 2.24) is 19.8 Å². The van der Waals surface area contributed by atoms with Gasteiger partial charge in [-0.1, -0.05) is 67.6 Å². The van der Waals surface area contributed by atoms with Gasteiger partial charge in [-0.2, -0.15) is 0 Å². The Bertz CT molecular complexity index is 1030. The normalized spacial score (nSPS) is 15.7. The highest BCUT2D eigenvalue weighted by Crippen LogP contribution is 2.35. The molecule has 0 saturated carbocycles. The van der Waals surface area contributed by atoms with Gasteiger partial charge in [-0.3, -0.25) is 4.90 Å². The van der Waals surface area contributed by atoms with E-state index in [1.54, 1.807) is 13.4 Å². The second-order valence-electron chi connectivity index (χ2n) is 8.13. The molecule has 3 aromatic rings. The van der Waals surface area contributed by atoms with Crippen LogP contribution in [0.1, 0.15) is 23.6 Å². The molecule has 0 atom stereocenters. The summed E-state index contributed by atoms with van der Waals surface area (Å²) in [4.78, 5) is 14.0.